The second-order valence-corrected chi connectivity index (χ2v) is 6.82. The van der Waals surface area contributed by atoms with Crippen LogP contribution in [0.5, 0.6) is 11.6 Å². The number of urea groups is 1. The summed E-state index contributed by atoms with van der Waals surface area (Å²) >= 11 is 5.72. The Kier molecular flexibility index (Phi) is 5.76. The molecule has 0 spiro atoms. The number of aromatic nitrogens is 4. The molecule has 10 heteroatoms. The number of halogens is 2. The Labute approximate surface area is 181 Å². The fraction of sp³-hybridized carbons (Fsp3) is 0.0476. The summed E-state index contributed by atoms with van der Waals surface area (Å²) in [7, 11) is 0. The number of nitrogens with zero attached hydrogens (tertiary/aromatic N) is 4. The van der Waals surface area contributed by atoms with Crippen LogP contribution >= 0.6 is 11.6 Å². The summed E-state index contributed by atoms with van der Waals surface area (Å²) < 4.78 is 20.8. The van der Waals surface area contributed by atoms with E-state index in [1.165, 1.54) is 18.2 Å². The highest BCUT2D eigenvalue weighted by Gasteiger charge is 2.08. The fourth-order valence-corrected chi connectivity index (χ4v) is 2.88. The molecular formula is C21H16ClFN6O2. The van der Waals surface area contributed by atoms with Crippen molar-refractivity contribution in [2.75, 3.05) is 10.6 Å². The van der Waals surface area contributed by atoms with Gasteiger partial charge in [-0.15, -0.1) is 0 Å². The summed E-state index contributed by atoms with van der Waals surface area (Å²) in [5, 5.41) is 5.18. The Hall–Kier alpha value is -3.98. The van der Waals surface area contributed by atoms with Crippen LogP contribution in [0.4, 0.5) is 20.6 Å². The zero-order valence-electron chi connectivity index (χ0n) is 16.2. The van der Waals surface area contributed by atoms with Crippen LogP contribution in [-0.2, 0) is 0 Å². The number of hydrogen-bond acceptors (Lipinski definition) is 5. The molecule has 31 heavy (non-hydrogen) atoms. The number of carbonyl (C=O) groups is 1. The lowest BCUT2D eigenvalue weighted by molar-refractivity contribution is 0.262. The molecule has 0 aliphatic rings. The molecule has 0 unspecified atom stereocenters. The number of ether oxygens (including phenoxy) is 1. The first-order valence-electron chi connectivity index (χ1n) is 9.11. The van der Waals surface area contributed by atoms with Gasteiger partial charge in [0, 0.05) is 29.8 Å². The number of aryl methyl sites for hydroxylation is 1. The van der Waals surface area contributed by atoms with Crippen molar-refractivity contribution in [3.63, 3.8) is 0 Å². The summed E-state index contributed by atoms with van der Waals surface area (Å²) in [6.07, 6.45) is 5.07. The predicted molar refractivity (Wildman–Crippen MR) is 114 cm³/mol. The maximum atomic E-state index is 13.2. The van der Waals surface area contributed by atoms with Crippen LogP contribution < -0.4 is 15.4 Å². The van der Waals surface area contributed by atoms with Gasteiger partial charge in [0.2, 0.25) is 5.88 Å². The van der Waals surface area contributed by atoms with Crippen molar-refractivity contribution < 1.29 is 13.9 Å². The van der Waals surface area contributed by atoms with E-state index in [0.29, 0.717) is 34.6 Å². The summed E-state index contributed by atoms with van der Waals surface area (Å²) in [5.41, 5.74) is 0.910. The van der Waals surface area contributed by atoms with Crippen molar-refractivity contribution >= 4 is 29.0 Å². The Balaban J connectivity index is 1.40. The van der Waals surface area contributed by atoms with Crippen molar-refractivity contribution in [1.29, 1.82) is 0 Å². The van der Waals surface area contributed by atoms with Gasteiger partial charge in [-0.05, 0) is 49.4 Å². The van der Waals surface area contributed by atoms with Crippen LogP contribution in [0, 0.1) is 12.7 Å². The highest BCUT2D eigenvalue weighted by Crippen LogP contribution is 2.24. The number of rotatable bonds is 5. The molecule has 0 saturated carbocycles. The predicted octanol–water partition coefficient (Wildman–Crippen LogP) is 5.20. The number of carbonyl (C=O) groups excluding carboxylic acids is 1. The van der Waals surface area contributed by atoms with Gasteiger partial charge in [-0.2, -0.15) is 4.98 Å². The van der Waals surface area contributed by atoms with Crippen molar-refractivity contribution in [1.82, 2.24) is 19.5 Å². The lowest BCUT2D eigenvalue weighted by Gasteiger charge is -2.10. The highest BCUT2D eigenvalue weighted by atomic mass is 35.5. The third-order valence-corrected chi connectivity index (χ3v) is 4.37. The van der Waals surface area contributed by atoms with Gasteiger partial charge in [0.05, 0.1) is 5.02 Å². The molecule has 2 heterocycles. The van der Waals surface area contributed by atoms with Gasteiger partial charge in [-0.25, -0.2) is 19.2 Å². The molecule has 156 valence electrons. The standard InChI is InChI=1S/C21H16ClFN6O2/c1-13-25-19(29-9-8-24-12-29)11-20(26-13)31-16-5-2-14(3-6-16)27-21(30)28-15-4-7-18(23)17(22)10-15/h2-12H,1H3,(H2,27,28,30). The number of nitrogens with one attached hydrogen (secondary N) is 2. The van der Waals surface area contributed by atoms with Gasteiger partial charge in [0.1, 0.15) is 29.5 Å². The first kappa shape index (κ1) is 20.3. The van der Waals surface area contributed by atoms with E-state index < -0.39 is 11.8 Å². The Morgan fingerprint density at radius 2 is 1.81 bits per heavy atom. The number of hydrogen-bond donors (Lipinski definition) is 2. The quantitative estimate of drug-likeness (QED) is 0.446. The van der Waals surface area contributed by atoms with Crippen LogP contribution in [-0.4, -0.2) is 25.6 Å². The fourth-order valence-electron chi connectivity index (χ4n) is 2.70. The minimum Gasteiger partial charge on any atom is -0.439 e. The molecule has 0 saturated heterocycles. The van der Waals surface area contributed by atoms with E-state index in [0.717, 1.165) is 0 Å². The van der Waals surface area contributed by atoms with E-state index in [2.05, 4.69) is 25.6 Å². The van der Waals surface area contributed by atoms with Gasteiger partial charge < -0.3 is 15.4 Å². The molecule has 2 aromatic heterocycles. The second-order valence-electron chi connectivity index (χ2n) is 6.42. The highest BCUT2D eigenvalue weighted by molar-refractivity contribution is 6.31. The van der Waals surface area contributed by atoms with Crippen LogP contribution in [0.25, 0.3) is 5.82 Å². The van der Waals surface area contributed by atoms with Crippen molar-refractivity contribution in [2.24, 2.45) is 0 Å². The SMILES string of the molecule is Cc1nc(Oc2ccc(NC(=O)Nc3ccc(F)c(Cl)c3)cc2)cc(-n2ccnc2)n1. The first-order chi connectivity index (χ1) is 15.0. The summed E-state index contributed by atoms with van der Waals surface area (Å²) in [4.78, 5) is 24.8. The van der Waals surface area contributed by atoms with Crippen molar-refractivity contribution in [2.45, 2.75) is 6.92 Å². The number of imidazole rings is 1. The summed E-state index contributed by atoms with van der Waals surface area (Å²) in [5.74, 6) is 1.54. The minimum atomic E-state index is -0.556. The van der Waals surface area contributed by atoms with E-state index in [4.69, 9.17) is 16.3 Å². The number of amides is 2. The van der Waals surface area contributed by atoms with Gasteiger partial charge in [-0.1, -0.05) is 11.6 Å². The van der Waals surface area contributed by atoms with Crippen molar-refractivity contribution in [3.8, 4) is 17.4 Å². The average molecular weight is 439 g/mol. The average Bonchev–Trinajstić information content (AvgIpc) is 3.27. The molecule has 2 aromatic carbocycles. The monoisotopic (exact) mass is 438 g/mol. The van der Waals surface area contributed by atoms with Gasteiger partial charge in [0.25, 0.3) is 0 Å². The van der Waals surface area contributed by atoms with E-state index in [-0.39, 0.29) is 5.02 Å². The molecule has 0 bridgehead atoms. The normalized spacial score (nSPS) is 10.5. The third-order valence-electron chi connectivity index (χ3n) is 4.08. The van der Waals surface area contributed by atoms with E-state index in [1.54, 1.807) is 60.5 Å². The summed E-state index contributed by atoms with van der Waals surface area (Å²) in [6, 6.07) is 11.9. The maximum Gasteiger partial charge on any atom is 0.323 e. The lowest BCUT2D eigenvalue weighted by Crippen LogP contribution is -2.19. The molecule has 0 aliphatic heterocycles. The molecule has 8 nitrogen and oxygen atoms in total. The second kappa shape index (κ2) is 8.80. The molecular weight excluding hydrogens is 423 g/mol. The van der Waals surface area contributed by atoms with E-state index in [1.807, 2.05) is 0 Å². The molecule has 2 N–H and O–H groups in total. The zero-order valence-corrected chi connectivity index (χ0v) is 17.0. The molecule has 0 atom stereocenters. The first-order valence-corrected chi connectivity index (χ1v) is 9.49. The van der Waals surface area contributed by atoms with E-state index >= 15 is 0 Å². The number of anilines is 2. The zero-order chi connectivity index (χ0) is 21.8. The Morgan fingerprint density at radius 1 is 1.06 bits per heavy atom. The molecule has 0 fully saturated rings. The molecule has 4 rings (SSSR count). The van der Waals surface area contributed by atoms with Crippen LogP contribution in [0.1, 0.15) is 5.82 Å². The van der Waals surface area contributed by atoms with Gasteiger partial charge in [-0.3, -0.25) is 4.57 Å². The molecule has 0 radical (unpaired) electrons. The van der Waals surface area contributed by atoms with Gasteiger partial charge in [0.15, 0.2) is 0 Å². The smallest absolute Gasteiger partial charge is 0.323 e. The Morgan fingerprint density at radius 3 is 2.52 bits per heavy atom. The molecule has 0 aliphatic carbocycles. The van der Waals surface area contributed by atoms with Crippen molar-refractivity contribution in [3.05, 3.63) is 83.9 Å². The molecule has 2 amide bonds. The summed E-state index contributed by atoms with van der Waals surface area (Å²) in [6.45, 7) is 1.77. The molecule has 4 aromatic rings. The van der Waals surface area contributed by atoms with Crippen LogP contribution in [0.3, 0.4) is 0 Å². The lowest BCUT2D eigenvalue weighted by atomic mass is 10.3. The van der Waals surface area contributed by atoms with Gasteiger partial charge >= 0.3 is 6.03 Å². The van der Waals surface area contributed by atoms with Crippen LogP contribution in [0.15, 0.2) is 67.3 Å². The minimum absolute atomic E-state index is 0.0737. The largest absolute Gasteiger partial charge is 0.439 e. The third kappa shape index (κ3) is 5.14. The van der Waals surface area contributed by atoms with E-state index in [9.17, 15) is 9.18 Å². The Bertz CT molecular complexity index is 1220. The maximum absolute atomic E-state index is 13.2. The topological polar surface area (TPSA) is 94.0 Å². The number of benzene rings is 2. The van der Waals surface area contributed by atoms with Crippen LogP contribution in [0.2, 0.25) is 5.02 Å².